The summed E-state index contributed by atoms with van der Waals surface area (Å²) in [6.45, 7) is 1.99. The van der Waals surface area contributed by atoms with Crippen LogP contribution in [0.3, 0.4) is 0 Å². The van der Waals surface area contributed by atoms with Crippen LogP contribution >= 0.6 is 0 Å². The first-order valence-electron chi connectivity index (χ1n) is 10.6. The number of aromatic nitrogens is 4. The number of pyridine rings is 2. The molecule has 0 amide bonds. The Morgan fingerprint density at radius 1 is 0.906 bits per heavy atom. The zero-order chi connectivity index (χ0) is 21.9. The lowest BCUT2D eigenvalue weighted by atomic mass is 10.1. The number of hydrogen-bond donors (Lipinski definition) is 1. The molecule has 0 aliphatic rings. The van der Waals surface area contributed by atoms with Crippen molar-refractivity contribution in [1.29, 1.82) is 5.26 Å². The molecule has 0 saturated carbocycles. The van der Waals surface area contributed by atoms with Gasteiger partial charge in [0.2, 0.25) is 0 Å². The summed E-state index contributed by atoms with van der Waals surface area (Å²) in [5, 5.41) is 10.2. The van der Waals surface area contributed by atoms with E-state index in [0.29, 0.717) is 5.56 Å². The van der Waals surface area contributed by atoms with Gasteiger partial charge in [0.25, 0.3) is 0 Å². The van der Waals surface area contributed by atoms with Crippen LogP contribution in [0.1, 0.15) is 22.6 Å². The average molecular weight is 416 g/mol. The number of aryl methyl sites for hydroxylation is 3. The molecule has 0 unspecified atom stereocenters. The number of benzene rings is 2. The van der Waals surface area contributed by atoms with Crippen LogP contribution in [-0.4, -0.2) is 19.9 Å². The van der Waals surface area contributed by atoms with E-state index in [0.717, 1.165) is 63.5 Å². The van der Waals surface area contributed by atoms with E-state index in [9.17, 15) is 0 Å². The van der Waals surface area contributed by atoms with E-state index in [-0.39, 0.29) is 0 Å². The zero-order valence-corrected chi connectivity index (χ0v) is 17.7. The fraction of sp³-hybridized carbons (Fsp3) is 0.111. The number of nitriles is 1. The van der Waals surface area contributed by atoms with Crippen LogP contribution in [0.5, 0.6) is 0 Å². The first-order chi connectivity index (χ1) is 15.7. The molecule has 0 aliphatic carbocycles. The number of hydrogen-bond acceptors (Lipinski definition) is 4. The van der Waals surface area contributed by atoms with Crippen molar-refractivity contribution in [2.45, 2.75) is 19.8 Å². The number of nitrogens with one attached hydrogen (secondary N) is 1. The molecule has 0 fully saturated rings. The van der Waals surface area contributed by atoms with E-state index in [1.807, 2.05) is 61.5 Å². The molecule has 3 heterocycles. The maximum absolute atomic E-state index is 9.16. The zero-order valence-electron chi connectivity index (χ0n) is 17.7. The number of nitrogens with zero attached hydrogens (tertiary/aromatic N) is 4. The highest BCUT2D eigenvalue weighted by Crippen LogP contribution is 2.31. The Morgan fingerprint density at radius 3 is 2.69 bits per heavy atom. The van der Waals surface area contributed by atoms with Gasteiger partial charge in [0.05, 0.1) is 34.2 Å². The molecule has 5 nitrogen and oxygen atoms in total. The highest BCUT2D eigenvalue weighted by atomic mass is 15.0. The smallest absolute Gasteiger partial charge is 0.107 e. The van der Waals surface area contributed by atoms with E-state index >= 15 is 0 Å². The van der Waals surface area contributed by atoms with Crippen molar-refractivity contribution in [2.24, 2.45) is 0 Å². The Bertz CT molecular complexity index is 1460. The van der Waals surface area contributed by atoms with Gasteiger partial charge >= 0.3 is 0 Å². The summed E-state index contributed by atoms with van der Waals surface area (Å²) in [7, 11) is 0. The van der Waals surface area contributed by atoms with Crippen molar-refractivity contribution in [1.82, 2.24) is 19.9 Å². The number of rotatable bonds is 5. The molecular weight excluding hydrogens is 394 g/mol. The Morgan fingerprint density at radius 2 is 1.81 bits per heavy atom. The topological polar surface area (TPSA) is 78.2 Å². The summed E-state index contributed by atoms with van der Waals surface area (Å²) in [5.74, 6) is 0.895. The van der Waals surface area contributed by atoms with E-state index < -0.39 is 0 Å². The fourth-order valence-corrected chi connectivity index (χ4v) is 3.90. The fourth-order valence-electron chi connectivity index (χ4n) is 3.90. The largest absolute Gasteiger partial charge is 0.340 e. The summed E-state index contributed by atoms with van der Waals surface area (Å²) in [6, 6.07) is 26.2. The van der Waals surface area contributed by atoms with E-state index in [4.69, 9.17) is 15.2 Å². The van der Waals surface area contributed by atoms with Crippen LogP contribution < -0.4 is 0 Å². The van der Waals surface area contributed by atoms with Crippen molar-refractivity contribution in [2.75, 3.05) is 0 Å². The average Bonchev–Trinajstić information content (AvgIpc) is 3.27. The molecule has 0 spiro atoms. The first kappa shape index (κ1) is 19.7. The van der Waals surface area contributed by atoms with Gasteiger partial charge in [-0.3, -0.25) is 9.97 Å². The predicted molar refractivity (Wildman–Crippen MR) is 126 cm³/mol. The van der Waals surface area contributed by atoms with E-state index in [2.05, 4.69) is 34.2 Å². The quantitative estimate of drug-likeness (QED) is 0.402. The second-order valence-electron chi connectivity index (χ2n) is 7.79. The molecule has 5 heteroatoms. The van der Waals surface area contributed by atoms with Crippen molar-refractivity contribution in [3.8, 4) is 28.7 Å². The summed E-state index contributed by atoms with van der Waals surface area (Å²) in [5.41, 5.74) is 7.41. The molecule has 154 valence electrons. The Labute approximate surface area is 186 Å². The summed E-state index contributed by atoms with van der Waals surface area (Å²) >= 11 is 0. The minimum atomic E-state index is 0.678. The van der Waals surface area contributed by atoms with Gasteiger partial charge < -0.3 is 4.98 Å². The number of aromatic amines is 1. The summed E-state index contributed by atoms with van der Waals surface area (Å²) < 4.78 is 0. The molecule has 32 heavy (non-hydrogen) atoms. The monoisotopic (exact) mass is 415 g/mol. The first-order valence-corrected chi connectivity index (χ1v) is 10.6. The lowest BCUT2D eigenvalue weighted by Gasteiger charge is -2.05. The molecule has 0 bridgehead atoms. The normalized spacial score (nSPS) is 10.9. The third-order valence-electron chi connectivity index (χ3n) is 5.48. The Kier molecular flexibility index (Phi) is 5.19. The lowest BCUT2D eigenvalue weighted by Crippen LogP contribution is -1.94. The van der Waals surface area contributed by atoms with Crippen LogP contribution in [0.25, 0.3) is 33.5 Å². The van der Waals surface area contributed by atoms with E-state index in [1.165, 1.54) is 0 Å². The third kappa shape index (κ3) is 3.99. The molecule has 3 aromatic heterocycles. The van der Waals surface area contributed by atoms with Crippen molar-refractivity contribution >= 4 is 10.9 Å². The number of imidazole rings is 1. The van der Waals surface area contributed by atoms with Gasteiger partial charge in [-0.2, -0.15) is 5.26 Å². The highest BCUT2D eigenvalue weighted by Gasteiger charge is 2.16. The number of fused-ring (bicyclic) bond motifs is 1. The molecular formula is C27H21N5. The van der Waals surface area contributed by atoms with Gasteiger partial charge in [-0.05, 0) is 61.4 Å². The third-order valence-corrected chi connectivity index (χ3v) is 5.48. The number of H-pyrrole nitrogens is 1. The van der Waals surface area contributed by atoms with Crippen LogP contribution in [0.15, 0.2) is 79.0 Å². The Hall–Kier alpha value is -4.30. The molecule has 1 N–H and O–H groups in total. The SMILES string of the molecule is Cc1cccc(-c2[nH]c(CCc3cccc(C#N)c3)nc2-c2ccc3ncccc3c2)n1. The molecule has 0 aliphatic heterocycles. The maximum atomic E-state index is 9.16. The molecule has 0 radical (unpaired) electrons. The van der Waals surface area contributed by atoms with Gasteiger partial charge in [0.1, 0.15) is 5.82 Å². The lowest BCUT2D eigenvalue weighted by molar-refractivity contribution is 0.885. The van der Waals surface area contributed by atoms with Gasteiger partial charge in [0, 0.05) is 29.3 Å². The second kappa shape index (κ2) is 8.44. The molecule has 0 atom stereocenters. The van der Waals surface area contributed by atoms with Gasteiger partial charge in [-0.15, -0.1) is 0 Å². The maximum Gasteiger partial charge on any atom is 0.107 e. The summed E-state index contributed by atoms with van der Waals surface area (Å²) in [6.07, 6.45) is 3.34. The molecule has 5 rings (SSSR count). The van der Waals surface area contributed by atoms with Crippen LogP contribution in [0.4, 0.5) is 0 Å². The minimum Gasteiger partial charge on any atom is -0.340 e. The second-order valence-corrected chi connectivity index (χ2v) is 7.79. The molecule has 5 aromatic rings. The van der Waals surface area contributed by atoms with Gasteiger partial charge in [-0.1, -0.05) is 30.3 Å². The van der Waals surface area contributed by atoms with E-state index in [1.54, 1.807) is 6.20 Å². The van der Waals surface area contributed by atoms with Crippen LogP contribution in [0, 0.1) is 18.3 Å². The highest BCUT2D eigenvalue weighted by molar-refractivity contribution is 5.86. The van der Waals surface area contributed by atoms with Crippen molar-refractivity contribution in [3.63, 3.8) is 0 Å². The predicted octanol–water partition coefficient (Wildman–Crippen LogP) is 5.65. The summed E-state index contributed by atoms with van der Waals surface area (Å²) in [4.78, 5) is 17.6. The van der Waals surface area contributed by atoms with Gasteiger partial charge in [0.15, 0.2) is 0 Å². The van der Waals surface area contributed by atoms with Crippen LogP contribution in [-0.2, 0) is 12.8 Å². The van der Waals surface area contributed by atoms with Crippen molar-refractivity contribution < 1.29 is 0 Å². The van der Waals surface area contributed by atoms with Gasteiger partial charge in [-0.25, -0.2) is 4.98 Å². The molecule has 2 aromatic carbocycles. The van der Waals surface area contributed by atoms with Crippen molar-refractivity contribution in [3.05, 3.63) is 102 Å². The standard InChI is InChI=1S/C27H21N5/c1-18-5-2-9-24(30-18)27-26(22-11-12-23-21(16-22)8-4-14-29-23)31-25(32-27)13-10-19-6-3-7-20(15-19)17-28/h2-9,11-12,14-16H,10,13H2,1H3,(H,31,32). The Balaban J connectivity index is 1.54. The van der Waals surface area contributed by atoms with Crippen LogP contribution in [0.2, 0.25) is 0 Å². The minimum absolute atomic E-state index is 0.678. The molecule has 0 saturated heterocycles.